The number of azo groups is 2. The molecule has 0 aliphatic heterocycles. The summed E-state index contributed by atoms with van der Waals surface area (Å²) in [4.78, 5) is 11.6. The van der Waals surface area contributed by atoms with Crippen molar-refractivity contribution in [3.05, 3.63) is 70.6 Å². The van der Waals surface area contributed by atoms with Crippen LogP contribution in [0.3, 0.4) is 0 Å². The number of sulfone groups is 2. The van der Waals surface area contributed by atoms with Crippen LogP contribution in [0.25, 0.3) is 10.8 Å². The van der Waals surface area contributed by atoms with Crippen LogP contribution >= 0.6 is 0 Å². The molecule has 4 aromatic rings. The van der Waals surface area contributed by atoms with E-state index in [4.69, 9.17) is 15.7 Å². The van der Waals surface area contributed by atoms with Crippen molar-refractivity contribution in [2.24, 2.45) is 20.5 Å². The Hall–Kier alpha value is -0.920. The third-order valence-electron chi connectivity index (χ3n) is 6.91. The van der Waals surface area contributed by atoms with Gasteiger partial charge in [-0.2, -0.15) is 18.6 Å². The van der Waals surface area contributed by atoms with Crippen molar-refractivity contribution in [3.8, 4) is 5.75 Å². The number of anilines is 1. The number of nitrogens with zero attached hydrogens (tertiary/aromatic N) is 4. The number of phenolic OH excluding ortho intramolecular Hbond substituents is 1. The molecule has 0 bridgehead atoms. The number of hydrogen-bond acceptors (Lipinski definition) is 25. The average molecular weight is 1010 g/mol. The van der Waals surface area contributed by atoms with Crippen molar-refractivity contribution >= 4 is 100 Å². The number of nitrogens with two attached hydrogens (primary N) is 1. The van der Waals surface area contributed by atoms with E-state index in [-0.39, 0.29) is 145 Å². The summed E-state index contributed by atoms with van der Waals surface area (Å²) in [7, 11) is -25.8. The number of fused-ring (bicyclic) bond motifs is 1. The molecule has 0 aliphatic carbocycles. The summed E-state index contributed by atoms with van der Waals surface area (Å²) in [5.41, 5.74) is 3.73. The van der Waals surface area contributed by atoms with Crippen molar-refractivity contribution in [1.29, 1.82) is 0 Å². The molecule has 34 heteroatoms. The first-order valence-corrected chi connectivity index (χ1v) is 23.5. The Labute approximate surface area is 438 Å². The number of rotatable bonds is 16. The van der Waals surface area contributed by atoms with E-state index < -0.39 is 124 Å². The van der Waals surface area contributed by atoms with Crippen LogP contribution in [0.2, 0.25) is 0 Å². The van der Waals surface area contributed by atoms with Gasteiger partial charge >= 0.3 is 118 Å². The summed E-state index contributed by atoms with van der Waals surface area (Å²) in [5.74, 6) is -2.55. The maximum atomic E-state index is 12.5. The van der Waals surface area contributed by atoms with Gasteiger partial charge in [-0.3, -0.25) is 8.37 Å². The van der Waals surface area contributed by atoms with Crippen molar-refractivity contribution < 1.29 is 191 Å². The zero-order valence-corrected chi connectivity index (χ0v) is 45.1. The minimum Gasteiger partial charge on any atom is -0.744 e. The van der Waals surface area contributed by atoms with E-state index in [1.54, 1.807) is 0 Å². The standard InChI is InChI=1S/C27H26N5O17S6.4Na.O2/c1-51(36,37)48-10-12-52(38,39)19-8-4-18(5-9-19)30-32-26-22(54(42,43)44)15-16-14-21(50(34)35)25(27(33)23(16)24(26)28)31-29-17-2-6-20(7-3-17)53(40,41)13-11-49-55(45,46)47;;;;;1-2/h2-9,14-15,33H,10-13,28H2,1H3,(H,42,43,44)(H,45,46,47);;;;;/q-1;4*+1;/p-2. The molecule has 24 nitrogen and oxygen atoms in total. The van der Waals surface area contributed by atoms with Crippen LogP contribution in [0.15, 0.2) is 101 Å². The molecule has 4 rings (SSSR count). The molecule has 0 unspecified atom stereocenters. The quantitative estimate of drug-likeness (QED) is 0.0200. The van der Waals surface area contributed by atoms with Gasteiger partial charge in [-0.15, -0.1) is 10.2 Å². The Balaban J connectivity index is 0. The molecule has 0 heterocycles. The fraction of sp³-hybridized carbons (Fsp3) is 0.185. The third kappa shape index (κ3) is 18.1. The topological polar surface area (TPSA) is 399 Å². The molecule has 0 spiro atoms. The normalized spacial score (nSPS) is 12.1. The zero-order chi connectivity index (χ0) is 43.1. The summed E-state index contributed by atoms with van der Waals surface area (Å²) in [5, 5.41) is 25.4. The van der Waals surface area contributed by atoms with Gasteiger partial charge in [0.2, 0.25) is 10.4 Å². The number of hydrogen-bond donors (Lipinski definition) is 2. The number of benzene rings is 4. The van der Waals surface area contributed by atoms with Crippen LogP contribution in [-0.2, 0) is 77.8 Å². The van der Waals surface area contributed by atoms with Gasteiger partial charge in [-0.05, 0) is 75.6 Å². The molecule has 0 fully saturated rings. The van der Waals surface area contributed by atoms with E-state index in [2.05, 4.69) is 28.8 Å². The molecular weight excluding hydrogens is 983 g/mol. The predicted octanol–water partition coefficient (Wildman–Crippen LogP) is -9.39. The van der Waals surface area contributed by atoms with E-state index in [0.717, 1.165) is 60.9 Å². The van der Waals surface area contributed by atoms with Gasteiger partial charge in [0.25, 0.3) is 10.1 Å². The van der Waals surface area contributed by atoms with Gasteiger partial charge in [0.1, 0.15) is 21.5 Å². The molecule has 0 aliphatic rings. The molecule has 0 radical (unpaired) electrons. The number of phenols is 1. The smallest absolute Gasteiger partial charge is 0.744 e. The summed E-state index contributed by atoms with van der Waals surface area (Å²) in [6, 6.07) is 10.1. The van der Waals surface area contributed by atoms with E-state index in [1.807, 2.05) is 0 Å². The number of aromatic hydroxyl groups is 1. The monoisotopic (exact) mass is 1010 g/mol. The second-order valence-corrected chi connectivity index (χ2v) is 19.9. The molecular formula is C27H24N5Na4O19S6+. The van der Waals surface area contributed by atoms with Crippen LogP contribution < -0.4 is 124 Å². The molecule has 61 heavy (non-hydrogen) atoms. The van der Waals surface area contributed by atoms with E-state index in [1.165, 1.54) is 0 Å². The maximum absolute atomic E-state index is 12.5. The Morgan fingerprint density at radius 2 is 1.07 bits per heavy atom. The predicted molar refractivity (Wildman–Crippen MR) is 194 cm³/mol. The fourth-order valence-electron chi connectivity index (χ4n) is 4.46. The largest absolute Gasteiger partial charge is 1.00 e. The van der Waals surface area contributed by atoms with Crippen molar-refractivity contribution in [2.75, 3.05) is 36.7 Å². The van der Waals surface area contributed by atoms with Crippen molar-refractivity contribution in [2.45, 2.75) is 19.6 Å². The Morgan fingerprint density at radius 3 is 1.44 bits per heavy atom. The summed E-state index contributed by atoms with van der Waals surface area (Å²) in [6.45, 7) is -1.60. The minimum absolute atomic E-state index is 0. The minimum atomic E-state index is -5.41. The third-order valence-corrected chi connectivity index (χ3v) is 12.9. The van der Waals surface area contributed by atoms with E-state index >= 15 is 0 Å². The SMILES string of the molecule is CS(=O)(=O)OCCS(=O)(=O)c1ccc(N=Nc2c(S(=O)(=O)[O-])cc3cc([S-](=O)=O)c(N=Nc4ccc(S(=O)(=O)CCOS(=O)(=O)[O-])cc4)c(O)c3c2N)cc1.O=O.[Na+].[Na+].[Na+].[Na+]. The van der Waals surface area contributed by atoms with Crippen LogP contribution in [0.5, 0.6) is 5.75 Å². The molecule has 4 aromatic carbocycles. The Kier molecular flexibility index (Phi) is 26.2. The first-order chi connectivity index (χ1) is 26.3. The van der Waals surface area contributed by atoms with Crippen molar-refractivity contribution in [1.82, 2.24) is 0 Å². The molecule has 0 saturated carbocycles. The van der Waals surface area contributed by atoms with E-state index in [0.29, 0.717) is 6.07 Å². The van der Waals surface area contributed by atoms with Crippen LogP contribution in [0.4, 0.5) is 28.4 Å². The molecule has 0 atom stereocenters. The van der Waals surface area contributed by atoms with Gasteiger partial charge < -0.3 is 28.4 Å². The molecule has 0 saturated heterocycles. The number of nitrogen functional groups attached to an aromatic ring is 1. The molecule has 0 amide bonds. The second kappa shape index (κ2) is 25.7. The zero-order valence-electron chi connectivity index (χ0n) is 32.2. The molecule has 0 aromatic heterocycles. The average Bonchev–Trinajstić information content (AvgIpc) is 3.10. The van der Waals surface area contributed by atoms with Gasteiger partial charge in [0.05, 0.1) is 68.1 Å². The Morgan fingerprint density at radius 1 is 0.656 bits per heavy atom. The van der Waals surface area contributed by atoms with Crippen LogP contribution in [0.1, 0.15) is 0 Å². The first-order valence-electron chi connectivity index (χ1n) is 14.6. The maximum Gasteiger partial charge on any atom is 1.00 e. The summed E-state index contributed by atoms with van der Waals surface area (Å²) < 4.78 is 173. The molecule has 3 N–H and O–H groups in total. The Bertz CT molecular complexity index is 2890. The first kappa shape index (κ1) is 62.2. The van der Waals surface area contributed by atoms with Gasteiger partial charge in [-0.1, -0.05) is 6.07 Å². The molecule has 310 valence electrons. The van der Waals surface area contributed by atoms with Gasteiger partial charge in [0.15, 0.2) is 25.4 Å². The van der Waals surface area contributed by atoms with Gasteiger partial charge in [0, 0.05) is 9.93 Å². The van der Waals surface area contributed by atoms with Crippen LogP contribution in [-0.4, -0.2) is 87.3 Å². The summed E-state index contributed by atoms with van der Waals surface area (Å²) in [6.07, 6.45) is 0.742. The van der Waals surface area contributed by atoms with Crippen LogP contribution in [0, 0.1) is 9.93 Å². The van der Waals surface area contributed by atoms with Crippen molar-refractivity contribution in [3.63, 3.8) is 0 Å². The van der Waals surface area contributed by atoms with Gasteiger partial charge in [-0.25, -0.2) is 33.7 Å². The fourth-order valence-corrected chi connectivity index (χ4v) is 8.70. The summed E-state index contributed by atoms with van der Waals surface area (Å²) >= 11 is 0. The van der Waals surface area contributed by atoms with E-state index in [9.17, 15) is 64.7 Å². The second-order valence-electron chi connectivity index (χ2n) is 10.8.